The number of aromatic nitrogens is 1. The van der Waals surface area contributed by atoms with Gasteiger partial charge in [0.2, 0.25) is 18.2 Å². The number of aromatic amines is 1. The van der Waals surface area contributed by atoms with E-state index >= 15 is 0 Å². The van der Waals surface area contributed by atoms with Crippen molar-refractivity contribution in [2.75, 3.05) is 26.2 Å². The predicted molar refractivity (Wildman–Crippen MR) is 158 cm³/mol. The molecule has 3 aromatic rings. The van der Waals surface area contributed by atoms with Crippen LogP contribution in [0.4, 0.5) is 4.39 Å². The Bertz CT molecular complexity index is 1480. The average molecular weight is 600 g/mol. The maximum atomic E-state index is 14.6. The molecule has 2 fully saturated rings. The van der Waals surface area contributed by atoms with Crippen LogP contribution in [0.3, 0.4) is 0 Å². The molecule has 3 heterocycles. The van der Waals surface area contributed by atoms with Gasteiger partial charge in [-0.1, -0.05) is 60.8 Å². The van der Waals surface area contributed by atoms with Gasteiger partial charge in [-0.3, -0.25) is 14.4 Å². The maximum absolute atomic E-state index is 14.6. The number of rotatable bonds is 9. The summed E-state index contributed by atoms with van der Waals surface area (Å²) in [5, 5.41) is 1.44. The second kappa shape index (κ2) is 12.2. The van der Waals surface area contributed by atoms with E-state index in [-0.39, 0.29) is 29.8 Å². The highest BCUT2D eigenvalue weighted by molar-refractivity contribution is 6.31. The number of nitrogens with one attached hydrogen (secondary N) is 1. The molecule has 7 nitrogen and oxygen atoms in total. The van der Waals surface area contributed by atoms with Crippen LogP contribution >= 0.6 is 23.2 Å². The fourth-order valence-corrected chi connectivity index (χ4v) is 6.41. The van der Waals surface area contributed by atoms with Crippen LogP contribution < -0.4 is 0 Å². The Morgan fingerprint density at radius 1 is 1.12 bits per heavy atom. The van der Waals surface area contributed by atoms with Gasteiger partial charge in [-0.25, -0.2) is 4.39 Å². The first kappa shape index (κ1) is 29.1. The number of carbonyl (C=O) groups is 3. The summed E-state index contributed by atoms with van der Waals surface area (Å²) < 4.78 is 14.4. The number of nitrogens with zero attached hydrogens (tertiary/aromatic N) is 3. The van der Waals surface area contributed by atoms with Crippen molar-refractivity contribution in [1.29, 1.82) is 0 Å². The molecule has 2 saturated heterocycles. The van der Waals surface area contributed by atoms with Crippen molar-refractivity contribution in [3.05, 3.63) is 81.7 Å². The molecule has 0 bridgehead atoms. The van der Waals surface area contributed by atoms with E-state index in [1.807, 2.05) is 24.4 Å². The number of hydrogen-bond acceptors (Lipinski definition) is 3. The van der Waals surface area contributed by atoms with Crippen molar-refractivity contribution in [1.82, 2.24) is 19.7 Å². The van der Waals surface area contributed by atoms with Gasteiger partial charge >= 0.3 is 0 Å². The molecule has 0 unspecified atom stereocenters. The van der Waals surface area contributed by atoms with Crippen LogP contribution in [0.5, 0.6) is 0 Å². The minimum Gasteiger partial charge on any atom is -0.361 e. The molecule has 0 aliphatic carbocycles. The molecule has 2 aliphatic heterocycles. The highest BCUT2D eigenvalue weighted by Gasteiger charge is 2.58. The highest BCUT2D eigenvalue weighted by Crippen LogP contribution is 2.54. The zero-order valence-corrected chi connectivity index (χ0v) is 24.4. The van der Waals surface area contributed by atoms with Crippen molar-refractivity contribution in [3.8, 4) is 0 Å². The van der Waals surface area contributed by atoms with Gasteiger partial charge in [0, 0.05) is 66.8 Å². The molecule has 1 N–H and O–H groups in total. The SMILES string of the molecule is CCC/C=C/C[C@@]1(C(=O)N2CCN(C=O)CC2)CC(=O)N(Cc2ccc(Cl)c(F)c2)[C@H]1c1c[nH]c2cc(Cl)ccc12. The van der Waals surface area contributed by atoms with Crippen LogP contribution in [0.1, 0.15) is 49.8 Å². The molecule has 5 rings (SSSR count). The van der Waals surface area contributed by atoms with E-state index in [9.17, 15) is 18.8 Å². The second-order valence-electron chi connectivity index (χ2n) is 10.8. The third-order valence-electron chi connectivity index (χ3n) is 8.21. The third-order valence-corrected chi connectivity index (χ3v) is 8.75. The Labute approximate surface area is 248 Å². The Morgan fingerprint density at radius 3 is 2.61 bits per heavy atom. The van der Waals surface area contributed by atoms with Gasteiger partial charge in [0.25, 0.3) is 0 Å². The average Bonchev–Trinajstić information content (AvgIpc) is 3.50. The number of unbranched alkanes of at least 4 members (excludes halogenated alkanes) is 1. The summed E-state index contributed by atoms with van der Waals surface area (Å²) in [6.07, 6.45) is 8.93. The lowest BCUT2D eigenvalue weighted by Crippen LogP contribution is -2.54. The second-order valence-corrected chi connectivity index (χ2v) is 11.7. The van der Waals surface area contributed by atoms with Gasteiger partial charge in [0.1, 0.15) is 5.82 Å². The summed E-state index contributed by atoms with van der Waals surface area (Å²) in [5.41, 5.74) is 1.08. The van der Waals surface area contributed by atoms with Crippen molar-refractivity contribution < 1.29 is 18.8 Å². The van der Waals surface area contributed by atoms with Crippen LogP contribution in [0.15, 0.2) is 54.7 Å². The lowest BCUT2D eigenvalue weighted by molar-refractivity contribution is -0.147. The summed E-state index contributed by atoms with van der Waals surface area (Å²) in [4.78, 5) is 48.3. The molecule has 1 aromatic heterocycles. The number of amides is 3. The van der Waals surface area contributed by atoms with Crippen molar-refractivity contribution >= 4 is 52.3 Å². The van der Waals surface area contributed by atoms with Crippen LogP contribution in [-0.2, 0) is 20.9 Å². The zero-order valence-electron chi connectivity index (χ0n) is 22.9. The van der Waals surface area contributed by atoms with E-state index in [2.05, 4.69) is 18.0 Å². The number of hydrogen-bond donors (Lipinski definition) is 1. The van der Waals surface area contributed by atoms with Gasteiger partial charge in [-0.2, -0.15) is 0 Å². The topological polar surface area (TPSA) is 76.7 Å². The van der Waals surface area contributed by atoms with E-state index in [0.29, 0.717) is 43.2 Å². The van der Waals surface area contributed by atoms with E-state index in [1.165, 1.54) is 12.1 Å². The quantitative estimate of drug-likeness (QED) is 0.238. The Morgan fingerprint density at radius 2 is 1.90 bits per heavy atom. The maximum Gasteiger partial charge on any atom is 0.232 e. The molecule has 2 atom stereocenters. The molecule has 0 radical (unpaired) electrons. The first-order valence-corrected chi connectivity index (χ1v) is 14.7. The molecule has 0 spiro atoms. The summed E-state index contributed by atoms with van der Waals surface area (Å²) in [6.45, 7) is 3.87. The number of allylic oxidation sites excluding steroid dienone is 2. The summed E-state index contributed by atoms with van der Waals surface area (Å²) >= 11 is 12.2. The highest BCUT2D eigenvalue weighted by atomic mass is 35.5. The lowest BCUT2D eigenvalue weighted by atomic mass is 9.72. The lowest BCUT2D eigenvalue weighted by Gasteiger charge is -2.42. The van der Waals surface area contributed by atoms with Gasteiger partial charge in [-0.05, 0) is 42.7 Å². The van der Waals surface area contributed by atoms with E-state index in [4.69, 9.17) is 23.2 Å². The number of carbonyl (C=O) groups excluding carboxylic acids is 3. The van der Waals surface area contributed by atoms with E-state index in [0.717, 1.165) is 35.7 Å². The number of piperazine rings is 1. The minimum atomic E-state index is -1.11. The van der Waals surface area contributed by atoms with Gasteiger partial charge < -0.3 is 19.7 Å². The number of benzene rings is 2. The van der Waals surface area contributed by atoms with Crippen molar-refractivity contribution in [3.63, 3.8) is 0 Å². The molecular formula is C31H33Cl2FN4O3. The normalized spacial score (nSPS) is 21.4. The molecule has 216 valence electrons. The number of H-pyrrole nitrogens is 1. The number of halogens is 3. The zero-order chi connectivity index (χ0) is 29.1. The molecular weight excluding hydrogens is 566 g/mol. The molecule has 10 heteroatoms. The van der Waals surface area contributed by atoms with Gasteiger partial charge in [0.15, 0.2) is 0 Å². The third kappa shape index (κ3) is 5.72. The molecule has 2 aliphatic rings. The number of likely N-dealkylation sites (tertiary alicyclic amines) is 1. The number of fused-ring (bicyclic) bond motifs is 1. The standard InChI is InChI=1S/C31H33Cl2FN4O3/c1-2-3-4-5-10-31(30(41)37-13-11-36(20-39)12-14-37)17-28(40)38(19-21-6-9-25(33)26(34)15-21)29(31)24-18-35-27-16-22(32)7-8-23(24)27/h4-9,15-16,18,20,29,35H,2-3,10-14,17,19H2,1H3/b5-4+/t29-,31+/m0/s1. The van der Waals surface area contributed by atoms with Crippen LogP contribution in [-0.4, -0.2) is 64.1 Å². The first-order chi connectivity index (χ1) is 19.8. The van der Waals surface area contributed by atoms with Crippen LogP contribution in [0.25, 0.3) is 10.9 Å². The fourth-order valence-electron chi connectivity index (χ4n) is 6.12. The van der Waals surface area contributed by atoms with E-state index < -0.39 is 17.3 Å². The van der Waals surface area contributed by atoms with E-state index in [1.54, 1.807) is 26.8 Å². The summed E-state index contributed by atoms with van der Waals surface area (Å²) in [6, 6.07) is 9.40. The molecule has 0 saturated carbocycles. The first-order valence-electron chi connectivity index (χ1n) is 13.9. The summed E-state index contributed by atoms with van der Waals surface area (Å²) in [7, 11) is 0. The predicted octanol–water partition coefficient (Wildman–Crippen LogP) is 6.12. The Balaban J connectivity index is 1.63. The van der Waals surface area contributed by atoms with Crippen LogP contribution in [0.2, 0.25) is 10.0 Å². The molecule has 41 heavy (non-hydrogen) atoms. The molecule has 2 aromatic carbocycles. The van der Waals surface area contributed by atoms with Crippen LogP contribution in [0, 0.1) is 11.2 Å². The molecule has 3 amide bonds. The Kier molecular flexibility index (Phi) is 8.71. The van der Waals surface area contributed by atoms with Gasteiger partial charge in [0.05, 0.1) is 16.5 Å². The Hall–Kier alpha value is -3.36. The smallest absolute Gasteiger partial charge is 0.232 e. The fraction of sp³-hybridized carbons (Fsp3) is 0.387. The largest absolute Gasteiger partial charge is 0.361 e. The minimum absolute atomic E-state index is 0.00612. The monoisotopic (exact) mass is 598 g/mol. The van der Waals surface area contributed by atoms with Gasteiger partial charge in [-0.15, -0.1) is 0 Å². The van der Waals surface area contributed by atoms with Crippen molar-refractivity contribution in [2.45, 2.75) is 45.2 Å². The van der Waals surface area contributed by atoms with Crippen molar-refractivity contribution in [2.24, 2.45) is 5.41 Å². The summed E-state index contributed by atoms with van der Waals surface area (Å²) in [5.74, 6) is -0.861.